The lowest BCUT2D eigenvalue weighted by molar-refractivity contribution is -0.154. The molecule has 208 valence electrons. The minimum absolute atomic E-state index is 0.0569. The molecule has 2 atom stereocenters. The summed E-state index contributed by atoms with van der Waals surface area (Å²) in [7, 11) is 3.64. The van der Waals surface area contributed by atoms with Gasteiger partial charge in [0, 0.05) is 25.0 Å². The molecule has 8 rings (SSSR count). The summed E-state index contributed by atoms with van der Waals surface area (Å²) in [6, 6.07) is 23.5. The molecule has 0 N–H and O–H groups in total. The summed E-state index contributed by atoms with van der Waals surface area (Å²) in [6.45, 7) is 18.9. The molecule has 0 saturated heterocycles. The van der Waals surface area contributed by atoms with E-state index in [0.29, 0.717) is 0 Å². The molecular formula is C39H40O2. The van der Waals surface area contributed by atoms with Crippen molar-refractivity contribution in [3.05, 3.63) is 105 Å². The minimum Gasteiger partial charge on any atom is -0.351 e. The molecule has 4 aliphatic carbocycles. The van der Waals surface area contributed by atoms with Crippen LogP contribution in [0.4, 0.5) is 0 Å². The maximum absolute atomic E-state index is 6.42. The molecule has 0 aliphatic heterocycles. The zero-order chi connectivity index (χ0) is 29.1. The van der Waals surface area contributed by atoms with Crippen molar-refractivity contribution in [3.63, 3.8) is 0 Å². The zero-order valence-corrected chi connectivity index (χ0v) is 26.1. The predicted octanol–water partition coefficient (Wildman–Crippen LogP) is 9.15. The van der Waals surface area contributed by atoms with Crippen LogP contribution in [0.2, 0.25) is 0 Å². The van der Waals surface area contributed by atoms with Crippen molar-refractivity contribution in [1.29, 1.82) is 0 Å². The maximum Gasteiger partial charge on any atom is 0.188 e. The molecule has 0 bridgehead atoms. The summed E-state index contributed by atoms with van der Waals surface area (Å²) in [6.07, 6.45) is 0. The van der Waals surface area contributed by atoms with Crippen LogP contribution in [0.5, 0.6) is 0 Å². The van der Waals surface area contributed by atoms with Gasteiger partial charge >= 0.3 is 0 Å². The van der Waals surface area contributed by atoms with Crippen molar-refractivity contribution in [2.45, 2.75) is 82.8 Å². The number of benzene rings is 4. The molecule has 0 aromatic heterocycles. The molecule has 4 aromatic rings. The van der Waals surface area contributed by atoms with Crippen LogP contribution < -0.4 is 0 Å². The average Bonchev–Trinajstić information content (AvgIpc) is 3.11. The standard InChI is InChI=1S/C39H40O2/c1-21-17-22(2)26-20-30-27(19-23(26)18-21)31-29(37(7)38(30,8)39(37,40-9)41-10)16-15-25-32(31)36(5,6)33-24-13-11-12-14-28(24)35(3,4)34(25)33/h11-20H,1-10H3. The van der Waals surface area contributed by atoms with Crippen molar-refractivity contribution < 1.29 is 9.47 Å². The monoisotopic (exact) mass is 540 g/mol. The fraction of sp³-hybridized carbons (Fsp3) is 0.385. The highest BCUT2D eigenvalue weighted by atomic mass is 16.7. The van der Waals surface area contributed by atoms with E-state index in [-0.39, 0.29) is 21.7 Å². The Kier molecular flexibility index (Phi) is 4.49. The highest BCUT2D eigenvalue weighted by molar-refractivity contribution is 6.12. The van der Waals surface area contributed by atoms with Crippen molar-refractivity contribution in [1.82, 2.24) is 0 Å². The van der Waals surface area contributed by atoms with Crippen LogP contribution in [0.15, 0.2) is 60.7 Å². The summed E-state index contributed by atoms with van der Waals surface area (Å²) in [4.78, 5) is 0. The fourth-order valence-corrected chi connectivity index (χ4v) is 10.3. The Morgan fingerprint density at radius 2 is 1.24 bits per heavy atom. The molecule has 2 nitrogen and oxygen atoms in total. The van der Waals surface area contributed by atoms with Crippen molar-refractivity contribution in [3.8, 4) is 11.1 Å². The number of ether oxygens (including phenoxy) is 2. The van der Waals surface area contributed by atoms with Crippen LogP contribution in [0.1, 0.15) is 86.1 Å². The third-order valence-electron chi connectivity index (χ3n) is 12.1. The smallest absolute Gasteiger partial charge is 0.188 e. The number of aryl methyl sites for hydroxylation is 2. The highest BCUT2D eigenvalue weighted by Crippen LogP contribution is 2.79. The Bertz CT molecular complexity index is 1910. The third-order valence-corrected chi connectivity index (χ3v) is 12.1. The largest absolute Gasteiger partial charge is 0.351 e. The van der Waals surface area contributed by atoms with E-state index >= 15 is 0 Å². The average molecular weight is 541 g/mol. The van der Waals surface area contributed by atoms with Crippen LogP contribution in [-0.2, 0) is 31.1 Å². The van der Waals surface area contributed by atoms with Gasteiger partial charge in [0.2, 0.25) is 0 Å². The van der Waals surface area contributed by atoms with Gasteiger partial charge in [-0.05, 0) is 112 Å². The van der Waals surface area contributed by atoms with E-state index in [4.69, 9.17) is 9.47 Å². The lowest BCUT2D eigenvalue weighted by Gasteiger charge is -2.36. The van der Waals surface area contributed by atoms with Gasteiger partial charge in [0.15, 0.2) is 5.79 Å². The van der Waals surface area contributed by atoms with E-state index in [1.54, 1.807) is 0 Å². The zero-order valence-electron chi connectivity index (χ0n) is 26.1. The first-order valence-corrected chi connectivity index (χ1v) is 15.0. The quantitative estimate of drug-likeness (QED) is 0.236. The molecule has 0 radical (unpaired) electrons. The Labute approximate surface area is 244 Å². The van der Waals surface area contributed by atoms with Gasteiger partial charge in [-0.15, -0.1) is 0 Å². The van der Waals surface area contributed by atoms with Crippen molar-refractivity contribution >= 4 is 21.9 Å². The second-order valence-electron chi connectivity index (χ2n) is 14.4. The topological polar surface area (TPSA) is 18.5 Å². The van der Waals surface area contributed by atoms with Gasteiger partial charge < -0.3 is 9.47 Å². The Hall–Kier alpha value is -3.20. The summed E-state index contributed by atoms with van der Waals surface area (Å²) in [5.74, 6) is -0.745. The summed E-state index contributed by atoms with van der Waals surface area (Å²) in [5, 5.41) is 2.62. The molecule has 2 unspecified atom stereocenters. The Morgan fingerprint density at radius 3 is 1.95 bits per heavy atom. The summed E-state index contributed by atoms with van der Waals surface area (Å²) in [5.41, 5.74) is 15.9. The second kappa shape index (κ2) is 7.22. The van der Waals surface area contributed by atoms with Gasteiger partial charge in [-0.25, -0.2) is 0 Å². The highest BCUT2D eigenvalue weighted by Gasteiger charge is 2.88. The lowest BCUT2D eigenvalue weighted by Crippen LogP contribution is -2.27. The van der Waals surface area contributed by atoms with Crippen LogP contribution in [0.25, 0.3) is 33.0 Å². The van der Waals surface area contributed by atoms with Crippen LogP contribution in [0, 0.1) is 13.8 Å². The molecule has 0 amide bonds. The number of rotatable bonds is 2. The van der Waals surface area contributed by atoms with Crippen LogP contribution in [-0.4, -0.2) is 20.0 Å². The molecule has 2 heteroatoms. The molecule has 4 aromatic carbocycles. The van der Waals surface area contributed by atoms with E-state index in [2.05, 4.69) is 116 Å². The van der Waals surface area contributed by atoms with Gasteiger partial charge in [-0.2, -0.15) is 0 Å². The summed E-state index contributed by atoms with van der Waals surface area (Å²) < 4.78 is 12.8. The SMILES string of the molecule is COC1(OC)C2(C)c3cc4c(C)cc(C)cc4cc3-c3c(ccc4c3C(C)(C)C3=C4C(C)(C)c4ccccc43)C12C. The molecule has 0 heterocycles. The number of fused-ring (bicyclic) bond motifs is 12. The number of hydrogen-bond donors (Lipinski definition) is 0. The van der Waals surface area contributed by atoms with Crippen LogP contribution >= 0.6 is 0 Å². The van der Waals surface area contributed by atoms with Crippen molar-refractivity contribution in [2.75, 3.05) is 14.2 Å². The maximum atomic E-state index is 6.42. The van der Waals surface area contributed by atoms with E-state index in [0.717, 1.165) is 0 Å². The van der Waals surface area contributed by atoms with E-state index in [1.165, 1.54) is 77.6 Å². The molecule has 1 saturated carbocycles. The van der Waals surface area contributed by atoms with E-state index < -0.39 is 5.79 Å². The first kappa shape index (κ1) is 25.5. The second-order valence-corrected chi connectivity index (χ2v) is 14.4. The van der Waals surface area contributed by atoms with Gasteiger partial charge in [0.1, 0.15) is 0 Å². The van der Waals surface area contributed by atoms with Gasteiger partial charge in [0.25, 0.3) is 0 Å². The first-order chi connectivity index (χ1) is 19.3. The van der Waals surface area contributed by atoms with Crippen LogP contribution in [0.3, 0.4) is 0 Å². The van der Waals surface area contributed by atoms with Gasteiger partial charge in [-0.1, -0.05) is 81.8 Å². The lowest BCUT2D eigenvalue weighted by atomic mass is 9.66. The number of methoxy groups -OCH3 is 2. The minimum atomic E-state index is -0.745. The molecule has 4 aliphatic rings. The predicted molar refractivity (Wildman–Crippen MR) is 170 cm³/mol. The molecule has 41 heavy (non-hydrogen) atoms. The normalized spacial score (nSPS) is 26.7. The van der Waals surface area contributed by atoms with E-state index in [1.807, 2.05) is 14.2 Å². The Morgan fingerprint density at radius 1 is 0.585 bits per heavy atom. The molecule has 0 spiro atoms. The summed E-state index contributed by atoms with van der Waals surface area (Å²) >= 11 is 0. The third kappa shape index (κ3) is 2.42. The van der Waals surface area contributed by atoms with Crippen molar-refractivity contribution in [2.24, 2.45) is 0 Å². The van der Waals surface area contributed by atoms with Gasteiger partial charge in [-0.3, -0.25) is 0 Å². The van der Waals surface area contributed by atoms with Gasteiger partial charge in [0.05, 0.1) is 10.8 Å². The van der Waals surface area contributed by atoms with E-state index in [9.17, 15) is 0 Å². The molecular weight excluding hydrogens is 500 g/mol. The number of allylic oxidation sites excluding steroid dienone is 2. The Balaban J connectivity index is 1.52. The number of hydrogen-bond acceptors (Lipinski definition) is 2. The molecule has 1 fully saturated rings. The first-order valence-electron chi connectivity index (χ1n) is 15.0. The fourth-order valence-electron chi connectivity index (χ4n) is 10.3.